The largest absolute Gasteiger partial charge is 0.370 e. The number of hydrogen-bond acceptors (Lipinski definition) is 3. The van der Waals surface area contributed by atoms with Crippen molar-refractivity contribution in [2.24, 2.45) is 5.73 Å². The van der Waals surface area contributed by atoms with Crippen LogP contribution in [0.4, 0.5) is 5.82 Å². The van der Waals surface area contributed by atoms with E-state index in [1.165, 1.54) is 27.8 Å². The number of benzene rings is 2. The molecule has 4 nitrogen and oxygen atoms in total. The molecule has 0 aliphatic rings. The van der Waals surface area contributed by atoms with Crippen LogP contribution in [0, 0.1) is 13.8 Å². The molecule has 152 valence electrons. The second-order valence-electron chi connectivity index (χ2n) is 6.84. The molecule has 0 bridgehead atoms. The summed E-state index contributed by atoms with van der Waals surface area (Å²) < 4.78 is 0. The Bertz CT molecular complexity index is 913. The van der Waals surface area contributed by atoms with Gasteiger partial charge in [-0.1, -0.05) is 56.3 Å². The molecule has 29 heavy (non-hydrogen) atoms. The fraction of sp³-hybridized carbons (Fsp3) is 0.280. The molecule has 0 saturated carbocycles. The number of pyridine rings is 1. The lowest BCUT2D eigenvalue weighted by atomic mass is 9.95. The summed E-state index contributed by atoms with van der Waals surface area (Å²) in [4.78, 5) is 15.3. The van der Waals surface area contributed by atoms with Crippen molar-refractivity contribution in [2.75, 3.05) is 5.32 Å². The van der Waals surface area contributed by atoms with Crippen molar-refractivity contribution < 1.29 is 4.79 Å². The topological polar surface area (TPSA) is 68.0 Å². The molecule has 0 radical (unpaired) electrons. The third-order valence-electron chi connectivity index (χ3n) is 4.66. The Kier molecular flexibility index (Phi) is 8.41. The van der Waals surface area contributed by atoms with E-state index in [1.807, 2.05) is 26.0 Å². The number of nitrogens with one attached hydrogen (secondary N) is 1. The highest BCUT2D eigenvalue weighted by Gasteiger charge is 2.06. The highest BCUT2D eigenvalue weighted by molar-refractivity contribution is 5.74. The Balaban J connectivity index is 0.00000145. The Morgan fingerprint density at radius 2 is 1.66 bits per heavy atom. The number of nitrogens with zero attached hydrogens (tertiary/aromatic N) is 1. The minimum atomic E-state index is -0.291. The standard InChI is InChI=1S/C23H25N3O.C2H6/c1-16-5-3-6-17(2)23(16)20-8-4-7-19(13-20)15-26-22-12-10-18(14-25-22)9-11-21(24)27;1-2/h3-8,10,12-14H,9,11,15H2,1-2H3,(H2,24,27)(H,25,26);1-2H3. The first-order valence-corrected chi connectivity index (χ1v) is 10.2. The van der Waals surface area contributed by atoms with E-state index >= 15 is 0 Å². The molecule has 0 spiro atoms. The number of hydrogen-bond donors (Lipinski definition) is 2. The van der Waals surface area contributed by atoms with Crippen molar-refractivity contribution in [3.8, 4) is 11.1 Å². The van der Waals surface area contributed by atoms with Gasteiger partial charge in [-0.25, -0.2) is 4.98 Å². The van der Waals surface area contributed by atoms with Crippen molar-refractivity contribution in [3.63, 3.8) is 0 Å². The maximum atomic E-state index is 10.9. The van der Waals surface area contributed by atoms with Gasteiger partial charge in [-0.3, -0.25) is 4.79 Å². The van der Waals surface area contributed by atoms with Gasteiger partial charge < -0.3 is 11.1 Å². The number of carbonyl (C=O) groups excluding carboxylic acids is 1. The summed E-state index contributed by atoms with van der Waals surface area (Å²) in [6.07, 6.45) is 2.76. The third-order valence-corrected chi connectivity index (χ3v) is 4.66. The van der Waals surface area contributed by atoms with Crippen LogP contribution in [0.15, 0.2) is 60.8 Å². The highest BCUT2D eigenvalue weighted by Crippen LogP contribution is 2.27. The molecule has 4 heteroatoms. The minimum Gasteiger partial charge on any atom is -0.370 e. The maximum Gasteiger partial charge on any atom is 0.217 e. The van der Waals surface area contributed by atoms with Gasteiger partial charge in [0, 0.05) is 19.2 Å². The van der Waals surface area contributed by atoms with E-state index in [-0.39, 0.29) is 5.91 Å². The lowest BCUT2D eigenvalue weighted by Gasteiger charge is -2.12. The zero-order chi connectivity index (χ0) is 21.2. The number of anilines is 1. The van der Waals surface area contributed by atoms with Crippen molar-refractivity contribution in [2.45, 2.75) is 47.1 Å². The average molecular weight is 390 g/mol. The number of aryl methyl sites for hydroxylation is 3. The lowest BCUT2D eigenvalue weighted by molar-refractivity contribution is -0.117. The van der Waals surface area contributed by atoms with Crippen LogP contribution >= 0.6 is 0 Å². The molecule has 1 amide bonds. The predicted octanol–water partition coefficient (Wildman–Crippen LogP) is 5.42. The Morgan fingerprint density at radius 3 is 2.28 bits per heavy atom. The first-order valence-electron chi connectivity index (χ1n) is 10.2. The molecule has 3 aromatic rings. The average Bonchev–Trinajstić information content (AvgIpc) is 2.73. The first kappa shape index (κ1) is 22.2. The van der Waals surface area contributed by atoms with Crippen molar-refractivity contribution in [3.05, 3.63) is 83.0 Å². The number of amides is 1. The fourth-order valence-electron chi connectivity index (χ4n) is 3.24. The molecule has 0 aliphatic carbocycles. The number of primary amides is 1. The second kappa shape index (κ2) is 11.0. The van der Waals surface area contributed by atoms with Gasteiger partial charge >= 0.3 is 0 Å². The quantitative estimate of drug-likeness (QED) is 0.567. The Labute approximate surface area is 174 Å². The molecule has 1 heterocycles. The fourth-order valence-corrected chi connectivity index (χ4v) is 3.24. The summed E-state index contributed by atoms with van der Waals surface area (Å²) >= 11 is 0. The van der Waals surface area contributed by atoms with Gasteiger partial charge in [0.15, 0.2) is 0 Å². The monoisotopic (exact) mass is 389 g/mol. The zero-order valence-corrected chi connectivity index (χ0v) is 17.8. The normalized spacial score (nSPS) is 10.1. The van der Waals surface area contributed by atoms with Crippen LogP contribution in [0.5, 0.6) is 0 Å². The minimum absolute atomic E-state index is 0.291. The van der Waals surface area contributed by atoms with Crippen LogP contribution in [-0.2, 0) is 17.8 Å². The first-order chi connectivity index (χ1) is 14.0. The summed E-state index contributed by atoms with van der Waals surface area (Å²) in [5.41, 5.74) is 12.5. The molecule has 0 fully saturated rings. The van der Waals surface area contributed by atoms with Gasteiger partial charge in [-0.05, 0) is 65.8 Å². The highest BCUT2D eigenvalue weighted by atomic mass is 16.1. The summed E-state index contributed by atoms with van der Waals surface area (Å²) in [5, 5.41) is 3.36. The smallest absolute Gasteiger partial charge is 0.217 e. The van der Waals surface area contributed by atoms with Gasteiger partial charge in [0.2, 0.25) is 5.91 Å². The molecule has 3 N–H and O–H groups in total. The van der Waals surface area contributed by atoms with Gasteiger partial charge in [0.05, 0.1) is 0 Å². The van der Waals surface area contributed by atoms with Crippen molar-refractivity contribution in [1.29, 1.82) is 0 Å². The SMILES string of the molecule is CC.Cc1cccc(C)c1-c1cccc(CNc2ccc(CCC(N)=O)cn2)c1. The van der Waals surface area contributed by atoms with Crippen LogP contribution in [-0.4, -0.2) is 10.9 Å². The summed E-state index contributed by atoms with van der Waals surface area (Å²) in [6, 6.07) is 18.9. The number of aromatic nitrogens is 1. The van der Waals surface area contributed by atoms with Crippen LogP contribution in [0.25, 0.3) is 11.1 Å². The van der Waals surface area contributed by atoms with E-state index in [0.717, 1.165) is 11.4 Å². The second-order valence-corrected chi connectivity index (χ2v) is 6.84. The molecular weight excluding hydrogens is 358 g/mol. The van der Waals surface area contributed by atoms with Crippen LogP contribution in [0.2, 0.25) is 0 Å². The summed E-state index contributed by atoms with van der Waals surface area (Å²) in [7, 11) is 0. The van der Waals surface area contributed by atoms with Gasteiger partial charge in [0.1, 0.15) is 5.82 Å². The molecule has 2 aromatic carbocycles. The third kappa shape index (κ3) is 6.46. The number of nitrogens with two attached hydrogens (primary N) is 1. The van der Waals surface area contributed by atoms with E-state index in [9.17, 15) is 4.79 Å². The summed E-state index contributed by atoms with van der Waals surface area (Å²) in [5.74, 6) is 0.524. The zero-order valence-electron chi connectivity index (χ0n) is 17.8. The molecule has 0 aliphatic heterocycles. The molecule has 3 rings (SSSR count). The predicted molar refractivity (Wildman–Crippen MR) is 122 cm³/mol. The van der Waals surface area contributed by atoms with E-state index < -0.39 is 0 Å². The van der Waals surface area contributed by atoms with E-state index in [2.05, 4.69) is 66.6 Å². The van der Waals surface area contributed by atoms with Crippen molar-refractivity contribution in [1.82, 2.24) is 4.98 Å². The molecular formula is C25H31N3O. The Hall–Kier alpha value is -3.14. The van der Waals surface area contributed by atoms with Crippen molar-refractivity contribution >= 4 is 11.7 Å². The van der Waals surface area contributed by atoms with E-state index in [1.54, 1.807) is 6.20 Å². The summed E-state index contributed by atoms with van der Waals surface area (Å²) in [6.45, 7) is 9.00. The van der Waals surface area contributed by atoms with Crippen LogP contribution < -0.4 is 11.1 Å². The van der Waals surface area contributed by atoms with E-state index in [4.69, 9.17) is 5.73 Å². The van der Waals surface area contributed by atoms with E-state index in [0.29, 0.717) is 19.4 Å². The Morgan fingerprint density at radius 1 is 0.966 bits per heavy atom. The molecule has 0 atom stereocenters. The maximum absolute atomic E-state index is 10.9. The van der Waals surface area contributed by atoms with Crippen LogP contribution in [0.3, 0.4) is 0 Å². The lowest BCUT2D eigenvalue weighted by Crippen LogP contribution is -2.11. The molecule has 1 aromatic heterocycles. The van der Waals surface area contributed by atoms with Gasteiger partial charge in [0.25, 0.3) is 0 Å². The number of carbonyl (C=O) groups is 1. The van der Waals surface area contributed by atoms with Gasteiger partial charge in [-0.2, -0.15) is 0 Å². The van der Waals surface area contributed by atoms with Crippen LogP contribution in [0.1, 0.15) is 42.5 Å². The number of rotatable bonds is 7. The van der Waals surface area contributed by atoms with Gasteiger partial charge in [-0.15, -0.1) is 0 Å². The molecule has 0 saturated heterocycles. The molecule has 0 unspecified atom stereocenters.